The number of hydrogen-bond acceptors (Lipinski definition) is 0. The first kappa shape index (κ1) is 11.9. The fraction of sp³-hybridized carbons (Fsp3) is 0.667. The third-order valence-electron chi connectivity index (χ3n) is 1.58. The van der Waals surface area contributed by atoms with E-state index in [9.17, 15) is 0 Å². The van der Waals surface area contributed by atoms with Crippen LogP contribution in [0.1, 0.15) is 52.4 Å². The molecule has 0 bridgehead atoms. The van der Waals surface area contributed by atoms with Crippen LogP contribution in [0.25, 0.3) is 0 Å². The van der Waals surface area contributed by atoms with Gasteiger partial charge in [-0.15, -0.1) is 5.32 Å². The van der Waals surface area contributed by atoms with Crippen molar-refractivity contribution in [3.8, 4) is 23.9 Å². The van der Waals surface area contributed by atoms with Gasteiger partial charge in [0.2, 0.25) is 0 Å². The van der Waals surface area contributed by atoms with Crippen molar-refractivity contribution < 1.29 is 0 Å². The second kappa shape index (κ2) is 10.9. The van der Waals surface area contributed by atoms with E-state index in [0.29, 0.717) is 0 Å². The van der Waals surface area contributed by atoms with E-state index >= 15 is 0 Å². The van der Waals surface area contributed by atoms with Crippen molar-refractivity contribution in [1.82, 2.24) is 5.32 Å². The predicted octanol–water partition coefficient (Wildman–Crippen LogP) is 2.89. The molecule has 1 radical (unpaired) electrons. The molecule has 0 aliphatic heterocycles. The van der Waals surface area contributed by atoms with E-state index in [0.717, 1.165) is 25.7 Å². The van der Waals surface area contributed by atoms with Crippen LogP contribution in [0.2, 0.25) is 0 Å². The van der Waals surface area contributed by atoms with E-state index in [1.807, 2.05) is 0 Å². The SMILES string of the molecule is CCCCC#C[N]C#CCCCC. The Hall–Kier alpha value is -1.08. The average Bonchev–Trinajstić information content (AvgIpc) is 2.16. The Labute approximate surface area is 82.3 Å². The molecule has 0 heterocycles. The lowest BCUT2D eigenvalue weighted by Crippen LogP contribution is -1.82. The van der Waals surface area contributed by atoms with Gasteiger partial charge in [-0.3, -0.25) is 0 Å². The molecule has 0 aromatic rings. The van der Waals surface area contributed by atoms with Gasteiger partial charge >= 0.3 is 0 Å². The lowest BCUT2D eigenvalue weighted by atomic mass is 10.3. The molecule has 1 heteroatoms. The van der Waals surface area contributed by atoms with Crippen LogP contribution in [0.5, 0.6) is 0 Å². The van der Waals surface area contributed by atoms with Gasteiger partial charge in [-0.2, -0.15) is 0 Å². The Bertz CT molecular complexity index is 185. The van der Waals surface area contributed by atoms with Crippen molar-refractivity contribution in [3.63, 3.8) is 0 Å². The number of unbranched alkanes of at least 4 members (excludes halogenated alkanes) is 4. The van der Waals surface area contributed by atoms with Crippen LogP contribution in [-0.2, 0) is 0 Å². The highest BCUT2D eigenvalue weighted by Gasteiger charge is 1.77. The minimum Gasteiger partial charge on any atom is -0.146 e. The van der Waals surface area contributed by atoms with Crippen LogP contribution in [-0.4, -0.2) is 0 Å². The molecule has 71 valence electrons. The lowest BCUT2D eigenvalue weighted by Gasteiger charge is -1.83. The molecule has 0 atom stereocenters. The molecule has 13 heavy (non-hydrogen) atoms. The zero-order chi connectivity index (χ0) is 9.78. The molecule has 0 aromatic heterocycles. The van der Waals surface area contributed by atoms with Crippen molar-refractivity contribution >= 4 is 0 Å². The van der Waals surface area contributed by atoms with Crippen LogP contribution in [0.3, 0.4) is 0 Å². The van der Waals surface area contributed by atoms with E-state index < -0.39 is 0 Å². The molecular weight excluding hydrogens is 158 g/mol. The topological polar surface area (TPSA) is 14.1 Å². The summed E-state index contributed by atoms with van der Waals surface area (Å²) in [7, 11) is 0. The smallest absolute Gasteiger partial charge is 0.0448 e. The second-order valence-electron chi connectivity index (χ2n) is 2.90. The minimum absolute atomic E-state index is 0.941. The number of nitrogens with zero attached hydrogens (tertiary/aromatic N) is 1. The number of rotatable bonds is 4. The first-order valence-corrected chi connectivity index (χ1v) is 5.07. The molecule has 1 nitrogen and oxygen atoms in total. The van der Waals surface area contributed by atoms with Gasteiger partial charge in [-0.25, -0.2) is 0 Å². The molecule has 0 fully saturated rings. The largest absolute Gasteiger partial charge is 0.146 e. The van der Waals surface area contributed by atoms with Gasteiger partial charge in [0.15, 0.2) is 0 Å². The number of hydrogen-bond donors (Lipinski definition) is 0. The van der Waals surface area contributed by atoms with Gasteiger partial charge in [0, 0.05) is 24.9 Å². The predicted molar refractivity (Wildman–Crippen MR) is 56.7 cm³/mol. The van der Waals surface area contributed by atoms with Gasteiger partial charge in [0.1, 0.15) is 0 Å². The van der Waals surface area contributed by atoms with Gasteiger partial charge in [-0.05, 0) is 12.8 Å². The zero-order valence-electron chi connectivity index (χ0n) is 8.69. The average molecular weight is 176 g/mol. The Morgan fingerprint density at radius 1 is 0.846 bits per heavy atom. The van der Waals surface area contributed by atoms with Crippen LogP contribution in [0.15, 0.2) is 0 Å². The molecule has 0 aliphatic carbocycles. The Balaban J connectivity index is 3.28. The monoisotopic (exact) mass is 176 g/mol. The summed E-state index contributed by atoms with van der Waals surface area (Å²) in [5.41, 5.74) is 0. The molecule has 0 saturated carbocycles. The summed E-state index contributed by atoms with van der Waals surface area (Å²) < 4.78 is 0. The van der Waals surface area contributed by atoms with Crippen molar-refractivity contribution in [1.29, 1.82) is 0 Å². The van der Waals surface area contributed by atoms with Crippen molar-refractivity contribution in [2.75, 3.05) is 0 Å². The van der Waals surface area contributed by atoms with E-state index in [2.05, 4.69) is 43.1 Å². The highest BCUT2D eigenvalue weighted by atomic mass is 14.8. The standard InChI is InChI=1S/C12H18N/c1-3-5-7-9-11-13-12-10-8-6-4-2/h3-8H2,1-2H3. The minimum atomic E-state index is 0.941. The molecule has 0 aromatic carbocycles. The van der Waals surface area contributed by atoms with Crippen LogP contribution in [0.4, 0.5) is 0 Å². The summed E-state index contributed by atoms with van der Waals surface area (Å²) >= 11 is 0. The normalized spacial score (nSPS) is 7.85. The maximum atomic E-state index is 3.79. The maximum absolute atomic E-state index is 3.79. The molecule has 0 N–H and O–H groups in total. The fourth-order valence-corrected chi connectivity index (χ4v) is 0.749. The van der Waals surface area contributed by atoms with Gasteiger partial charge in [0.05, 0.1) is 0 Å². The fourth-order valence-electron chi connectivity index (χ4n) is 0.749. The first-order valence-electron chi connectivity index (χ1n) is 5.07. The Morgan fingerprint density at radius 2 is 1.31 bits per heavy atom. The van der Waals surface area contributed by atoms with E-state index in [1.165, 1.54) is 12.8 Å². The molecule has 0 rings (SSSR count). The molecule has 0 unspecified atom stereocenters. The molecule has 0 aliphatic rings. The van der Waals surface area contributed by atoms with E-state index in [1.54, 1.807) is 0 Å². The summed E-state index contributed by atoms with van der Waals surface area (Å²) in [6.45, 7) is 4.31. The molecule has 0 spiro atoms. The van der Waals surface area contributed by atoms with Crippen molar-refractivity contribution in [2.45, 2.75) is 52.4 Å². The third kappa shape index (κ3) is 10.9. The summed E-state index contributed by atoms with van der Waals surface area (Å²) in [5, 5.41) is 3.79. The summed E-state index contributed by atoms with van der Waals surface area (Å²) in [6, 6.07) is 5.40. The van der Waals surface area contributed by atoms with Gasteiger partial charge < -0.3 is 0 Å². The molecular formula is C12H18N. The van der Waals surface area contributed by atoms with Crippen molar-refractivity contribution in [3.05, 3.63) is 0 Å². The van der Waals surface area contributed by atoms with Crippen LogP contribution < -0.4 is 5.32 Å². The van der Waals surface area contributed by atoms with Gasteiger partial charge in [-0.1, -0.05) is 38.5 Å². The maximum Gasteiger partial charge on any atom is 0.0448 e. The Morgan fingerprint density at radius 3 is 1.69 bits per heavy atom. The molecule has 0 amide bonds. The third-order valence-corrected chi connectivity index (χ3v) is 1.58. The summed E-state index contributed by atoms with van der Waals surface area (Å²) in [4.78, 5) is 0. The first-order chi connectivity index (χ1) is 6.41. The molecule has 0 saturated heterocycles. The van der Waals surface area contributed by atoms with Crippen LogP contribution >= 0.6 is 0 Å². The van der Waals surface area contributed by atoms with Crippen LogP contribution in [0, 0.1) is 23.9 Å². The highest BCUT2D eigenvalue weighted by molar-refractivity contribution is 5.06. The van der Waals surface area contributed by atoms with Gasteiger partial charge in [0.25, 0.3) is 0 Å². The van der Waals surface area contributed by atoms with Crippen molar-refractivity contribution in [2.24, 2.45) is 0 Å². The zero-order valence-corrected chi connectivity index (χ0v) is 8.69. The summed E-state index contributed by atoms with van der Waals surface area (Å²) in [6.07, 6.45) is 6.58. The quantitative estimate of drug-likeness (QED) is 0.462. The Kier molecular flexibility index (Phi) is 10.0. The summed E-state index contributed by atoms with van der Waals surface area (Å²) in [5.74, 6) is 5.92. The van der Waals surface area contributed by atoms with E-state index in [4.69, 9.17) is 0 Å². The second-order valence-corrected chi connectivity index (χ2v) is 2.90. The lowest BCUT2D eigenvalue weighted by molar-refractivity contribution is 0.826. The highest BCUT2D eigenvalue weighted by Crippen LogP contribution is 1.90. The van der Waals surface area contributed by atoms with E-state index in [-0.39, 0.29) is 0 Å².